The highest BCUT2D eigenvalue weighted by atomic mass is 32.1. The highest BCUT2D eigenvalue weighted by Gasteiger charge is 2.16. The van der Waals surface area contributed by atoms with Crippen LogP contribution in [0.1, 0.15) is 57.0 Å². The first-order valence-electron chi connectivity index (χ1n) is 8.67. The van der Waals surface area contributed by atoms with Crippen molar-refractivity contribution in [1.82, 2.24) is 5.32 Å². The molecule has 0 aliphatic heterocycles. The zero-order valence-corrected chi connectivity index (χ0v) is 15.4. The van der Waals surface area contributed by atoms with Gasteiger partial charge >= 0.3 is 5.97 Å². The minimum absolute atomic E-state index is 0.109. The number of ether oxygens (including phenoxy) is 1. The van der Waals surface area contributed by atoms with E-state index < -0.39 is 5.97 Å². The second-order valence-corrected chi connectivity index (χ2v) is 7.80. The third-order valence-electron chi connectivity index (χ3n) is 4.53. The van der Waals surface area contributed by atoms with Crippen LogP contribution in [0.25, 0.3) is 0 Å². The predicted molar refractivity (Wildman–Crippen MR) is 99.0 cm³/mol. The van der Waals surface area contributed by atoms with Gasteiger partial charge < -0.3 is 10.1 Å². The van der Waals surface area contributed by atoms with E-state index in [1.807, 2.05) is 19.9 Å². The number of rotatable bonds is 5. The molecular weight excluding hydrogens is 334 g/mol. The topological polar surface area (TPSA) is 55.4 Å². The molecule has 1 aromatic heterocycles. The van der Waals surface area contributed by atoms with Crippen LogP contribution >= 0.6 is 11.3 Å². The molecule has 1 aromatic carbocycles. The molecule has 1 heterocycles. The molecule has 1 N–H and O–H groups in total. The number of thiophene rings is 1. The van der Waals surface area contributed by atoms with Crippen molar-refractivity contribution < 1.29 is 14.3 Å². The van der Waals surface area contributed by atoms with Gasteiger partial charge in [0.15, 0.2) is 6.61 Å². The maximum atomic E-state index is 12.1. The van der Waals surface area contributed by atoms with Crippen molar-refractivity contribution in [2.24, 2.45) is 0 Å². The Balaban J connectivity index is 1.53. The average molecular weight is 357 g/mol. The van der Waals surface area contributed by atoms with Crippen LogP contribution in [0.2, 0.25) is 0 Å². The molecule has 4 nitrogen and oxygen atoms in total. The maximum absolute atomic E-state index is 12.1. The maximum Gasteiger partial charge on any atom is 0.348 e. The van der Waals surface area contributed by atoms with Crippen LogP contribution in [0, 0.1) is 6.92 Å². The summed E-state index contributed by atoms with van der Waals surface area (Å²) in [6.07, 6.45) is 4.75. The van der Waals surface area contributed by atoms with Gasteiger partial charge in [-0.15, -0.1) is 11.3 Å². The number of nitrogens with one attached hydrogen (secondary N) is 1. The molecule has 0 radical (unpaired) electrons. The van der Waals surface area contributed by atoms with Gasteiger partial charge in [-0.1, -0.05) is 18.2 Å². The molecule has 0 bridgehead atoms. The third-order valence-corrected chi connectivity index (χ3v) is 5.51. The standard InChI is InChI=1S/C20H23NO3S/c1-13-7-10-18(25-13)20(23)24-12-19(22)21-14(2)16-9-8-15-5-3-4-6-17(15)11-16/h7-11,14H,3-6,12H2,1-2H3,(H,21,22)/t14-/m1/s1. The van der Waals surface area contributed by atoms with E-state index in [0.29, 0.717) is 4.88 Å². The Hall–Kier alpha value is -2.14. The molecule has 0 saturated carbocycles. The van der Waals surface area contributed by atoms with Crippen LogP contribution in [0.3, 0.4) is 0 Å². The van der Waals surface area contributed by atoms with E-state index in [4.69, 9.17) is 4.74 Å². The van der Waals surface area contributed by atoms with Gasteiger partial charge in [0.1, 0.15) is 4.88 Å². The zero-order valence-electron chi connectivity index (χ0n) is 14.6. The van der Waals surface area contributed by atoms with Gasteiger partial charge in [-0.25, -0.2) is 4.79 Å². The molecule has 2 aromatic rings. The Morgan fingerprint density at radius 3 is 2.64 bits per heavy atom. The number of hydrogen-bond donors (Lipinski definition) is 1. The summed E-state index contributed by atoms with van der Waals surface area (Å²) in [5.74, 6) is -0.735. The first-order valence-corrected chi connectivity index (χ1v) is 9.49. The molecule has 1 aliphatic carbocycles. The molecule has 1 aliphatic rings. The van der Waals surface area contributed by atoms with Crippen molar-refractivity contribution in [3.05, 3.63) is 56.8 Å². The number of carbonyl (C=O) groups excluding carboxylic acids is 2. The number of fused-ring (bicyclic) bond motifs is 1. The smallest absolute Gasteiger partial charge is 0.348 e. The molecule has 132 valence electrons. The molecule has 3 rings (SSSR count). The van der Waals surface area contributed by atoms with Crippen molar-refractivity contribution in [2.75, 3.05) is 6.61 Å². The number of benzene rings is 1. The zero-order chi connectivity index (χ0) is 17.8. The van der Waals surface area contributed by atoms with Gasteiger partial charge in [-0.05, 0) is 68.4 Å². The summed E-state index contributed by atoms with van der Waals surface area (Å²) in [5, 5.41) is 2.90. The van der Waals surface area contributed by atoms with E-state index in [1.54, 1.807) is 6.07 Å². The summed E-state index contributed by atoms with van der Waals surface area (Å²) in [4.78, 5) is 25.5. The van der Waals surface area contributed by atoms with Crippen molar-refractivity contribution in [2.45, 2.75) is 45.6 Å². The Bertz CT molecular complexity index is 781. The summed E-state index contributed by atoms with van der Waals surface area (Å²) in [5.41, 5.74) is 3.91. The summed E-state index contributed by atoms with van der Waals surface area (Å²) >= 11 is 1.37. The van der Waals surface area contributed by atoms with Crippen molar-refractivity contribution in [3.8, 4) is 0 Å². The summed E-state index contributed by atoms with van der Waals surface area (Å²) in [6, 6.07) is 9.92. The van der Waals surface area contributed by atoms with Gasteiger partial charge in [0.25, 0.3) is 5.91 Å². The van der Waals surface area contributed by atoms with Gasteiger partial charge in [0, 0.05) is 4.88 Å². The van der Waals surface area contributed by atoms with Crippen molar-refractivity contribution in [3.63, 3.8) is 0 Å². The number of aryl methyl sites for hydroxylation is 3. The van der Waals surface area contributed by atoms with E-state index in [9.17, 15) is 9.59 Å². The minimum Gasteiger partial charge on any atom is -0.451 e. The van der Waals surface area contributed by atoms with E-state index in [0.717, 1.165) is 23.3 Å². The molecule has 5 heteroatoms. The molecular formula is C20H23NO3S. The molecule has 0 saturated heterocycles. The first kappa shape index (κ1) is 17.7. The molecule has 0 unspecified atom stereocenters. The minimum atomic E-state index is -0.449. The van der Waals surface area contributed by atoms with Gasteiger partial charge in [-0.2, -0.15) is 0 Å². The second-order valence-electron chi connectivity index (χ2n) is 6.51. The Morgan fingerprint density at radius 1 is 1.16 bits per heavy atom. The Kier molecular flexibility index (Phi) is 5.53. The van der Waals surface area contributed by atoms with Crippen LogP contribution in [0.5, 0.6) is 0 Å². The van der Waals surface area contributed by atoms with Gasteiger partial charge in [0.2, 0.25) is 0 Å². The predicted octanol–water partition coefficient (Wildman–Crippen LogP) is 3.97. The summed E-state index contributed by atoms with van der Waals surface area (Å²) in [7, 11) is 0. The van der Waals surface area contributed by atoms with E-state index in [1.165, 1.54) is 35.3 Å². The van der Waals surface area contributed by atoms with Crippen LogP contribution < -0.4 is 5.32 Å². The number of amides is 1. The molecule has 1 atom stereocenters. The van der Waals surface area contributed by atoms with Crippen LogP contribution in [-0.4, -0.2) is 18.5 Å². The summed E-state index contributed by atoms with van der Waals surface area (Å²) in [6.45, 7) is 3.62. The van der Waals surface area contributed by atoms with E-state index >= 15 is 0 Å². The normalized spacial score (nSPS) is 14.5. The fourth-order valence-corrected chi connectivity index (χ4v) is 3.90. The van der Waals surface area contributed by atoms with E-state index in [2.05, 4.69) is 23.5 Å². The fourth-order valence-electron chi connectivity index (χ4n) is 3.14. The molecule has 0 spiro atoms. The van der Waals surface area contributed by atoms with Gasteiger partial charge in [-0.3, -0.25) is 4.79 Å². The lowest BCUT2D eigenvalue weighted by molar-refractivity contribution is -0.124. The van der Waals surface area contributed by atoms with Crippen LogP contribution in [0.15, 0.2) is 30.3 Å². The van der Waals surface area contributed by atoms with Crippen LogP contribution in [-0.2, 0) is 22.4 Å². The quantitative estimate of drug-likeness (QED) is 0.824. The van der Waals surface area contributed by atoms with E-state index in [-0.39, 0.29) is 18.6 Å². The first-order chi connectivity index (χ1) is 12.0. The Labute approximate surface area is 152 Å². The second kappa shape index (κ2) is 7.83. The lowest BCUT2D eigenvalue weighted by Crippen LogP contribution is -2.31. The summed E-state index contributed by atoms with van der Waals surface area (Å²) < 4.78 is 5.09. The average Bonchev–Trinajstić information content (AvgIpc) is 3.05. The molecule has 1 amide bonds. The molecule has 25 heavy (non-hydrogen) atoms. The number of carbonyl (C=O) groups is 2. The van der Waals surface area contributed by atoms with Crippen LogP contribution in [0.4, 0.5) is 0 Å². The van der Waals surface area contributed by atoms with Crippen molar-refractivity contribution >= 4 is 23.2 Å². The third kappa shape index (κ3) is 4.48. The molecule has 0 fully saturated rings. The van der Waals surface area contributed by atoms with Crippen molar-refractivity contribution in [1.29, 1.82) is 0 Å². The highest BCUT2D eigenvalue weighted by molar-refractivity contribution is 7.13. The lowest BCUT2D eigenvalue weighted by atomic mass is 9.89. The number of hydrogen-bond acceptors (Lipinski definition) is 4. The lowest BCUT2D eigenvalue weighted by Gasteiger charge is -2.20. The number of esters is 1. The largest absolute Gasteiger partial charge is 0.451 e. The Morgan fingerprint density at radius 2 is 1.92 bits per heavy atom. The fraction of sp³-hybridized carbons (Fsp3) is 0.400. The SMILES string of the molecule is Cc1ccc(C(=O)OCC(=O)N[C@H](C)c2ccc3c(c2)CCCC3)s1. The van der Waals surface area contributed by atoms with Gasteiger partial charge in [0.05, 0.1) is 6.04 Å². The monoisotopic (exact) mass is 357 g/mol. The highest BCUT2D eigenvalue weighted by Crippen LogP contribution is 2.24.